The largest absolute Gasteiger partial charge is 0.488 e. The number of thioether (sulfide) groups is 1. The Labute approximate surface area is 213 Å². The van der Waals surface area contributed by atoms with E-state index in [1.165, 1.54) is 11.8 Å². The van der Waals surface area contributed by atoms with Crippen molar-refractivity contribution < 1.29 is 9.53 Å². The fourth-order valence-corrected chi connectivity index (χ4v) is 5.19. The van der Waals surface area contributed by atoms with E-state index in [1.54, 1.807) is 4.90 Å². The van der Waals surface area contributed by atoms with E-state index in [4.69, 9.17) is 28.6 Å². The molecule has 1 amide bonds. The molecule has 168 valence electrons. The first-order valence-corrected chi connectivity index (χ1v) is 12.4. The number of benzene rings is 4. The number of carbonyl (C=O) groups is 1. The topological polar surface area (TPSA) is 29.5 Å². The molecule has 1 aliphatic heterocycles. The maximum absolute atomic E-state index is 13.3. The van der Waals surface area contributed by atoms with Crippen LogP contribution in [-0.2, 0) is 17.9 Å². The van der Waals surface area contributed by atoms with Gasteiger partial charge in [-0.25, -0.2) is 0 Å². The lowest BCUT2D eigenvalue weighted by atomic mass is 10.0. The average Bonchev–Trinajstić information content (AvgIpc) is 3.12. The second kappa shape index (κ2) is 10.0. The lowest BCUT2D eigenvalue weighted by molar-refractivity contribution is -0.122. The lowest BCUT2D eigenvalue weighted by Gasteiger charge is -2.14. The fraction of sp³-hybridized carbons (Fsp3) is 0.0714. The van der Waals surface area contributed by atoms with Gasteiger partial charge in [0.25, 0.3) is 5.91 Å². The summed E-state index contributed by atoms with van der Waals surface area (Å²) < 4.78 is 6.77. The van der Waals surface area contributed by atoms with Crippen LogP contribution < -0.4 is 4.74 Å². The zero-order valence-electron chi connectivity index (χ0n) is 18.1. The van der Waals surface area contributed by atoms with Gasteiger partial charge in [-0.1, -0.05) is 108 Å². The van der Waals surface area contributed by atoms with Crippen molar-refractivity contribution in [3.8, 4) is 5.75 Å². The maximum Gasteiger partial charge on any atom is 0.266 e. The molecule has 1 fully saturated rings. The molecule has 0 spiro atoms. The minimum atomic E-state index is -0.0876. The molecule has 0 atom stereocenters. The average molecular weight is 502 g/mol. The number of amides is 1. The summed E-state index contributed by atoms with van der Waals surface area (Å²) in [5.74, 6) is 0.623. The Bertz CT molecular complexity index is 1400. The third kappa shape index (κ3) is 4.87. The Kier molecular flexibility index (Phi) is 6.68. The molecule has 5 rings (SSSR count). The van der Waals surface area contributed by atoms with Gasteiger partial charge in [-0.15, -0.1) is 0 Å². The monoisotopic (exact) mass is 501 g/mol. The number of hydrogen-bond acceptors (Lipinski definition) is 4. The van der Waals surface area contributed by atoms with Crippen LogP contribution in [0.4, 0.5) is 0 Å². The summed E-state index contributed by atoms with van der Waals surface area (Å²) >= 11 is 12.9. The van der Waals surface area contributed by atoms with E-state index in [-0.39, 0.29) is 5.91 Å². The zero-order valence-corrected chi connectivity index (χ0v) is 20.5. The fourth-order valence-electron chi connectivity index (χ4n) is 3.83. The third-order valence-corrected chi connectivity index (χ3v) is 7.20. The molecule has 0 aromatic heterocycles. The highest BCUT2D eigenvalue weighted by Gasteiger charge is 2.32. The summed E-state index contributed by atoms with van der Waals surface area (Å²) in [6.45, 7) is 0.851. The molecule has 0 aliphatic carbocycles. The van der Waals surface area contributed by atoms with Crippen LogP contribution >= 0.6 is 35.6 Å². The predicted octanol–water partition coefficient (Wildman–Crippen LogP) is 7.47. The molecule has 1 heterocycles. The zero-order chi connectivity index (χ0) is 23.5. The van der Waals surface area contributed by atoms with Gasteiger partial charge in [0.2, 0.25) is 0 Å². The number of fused-ring (bicyclic) bond motifs is 1. The van der Waals surface area contributed by atoms with Crippen LogP contribution in [0.15, 0.2) is 95.9 Å². The van der Waals surface area contributed by atoms with E-state index >= 15 is 0 Å². The van der Waals surface area contributed by atoms with E-state index < -0.39 is 0 Å². The van der Waals surface area contributed by atoms with Crippen LogP contribution in [0.1, 0.15) is 16.7 Å². The highest BCUT2D eigenvalue weighted by Crippen LogP contribution is 2.37. The molecule has 0 N–H and O–H groups in total. The second-order valence-corrected chi connectivity index (χ2v) is 9.98. The van der Waals surface area contributed by atoms with E-state index in [9.17, 15) is 4.79 Å². The normalized spacial score (nSPS) is 14.9. The number of hydrogen-bond donors (Lipinski definition) is 0. The Morgan fingerprint density at radius 1 is 0.882 bits per heavy atom. The van der Waals surface area contributed by atoms with Crippen molar-refractivity contribution in [1.29, 1.82) is 0 Å². The molecule has 6 heteroatoms. The molecule has 0 radical (unpaired) electrons. The van der Waals surface area contributed by atoms with Crippen LogP contribution in [0, 0.1) is 0 Å². The summed E-state index contributed by atoms with van der Waals surface area (Å²) in [7, 11) is 0. The molecule has 4 aromatic carbocycles. The SMILES string of the molecule is O=C1/C(=C/c2c(OCc3ccc(Cl)cc3)ccc3ccccc23)SC(=S)N1Cc1ccccc1. The van der Waals surface area contributed by atoms with Gasteiger partial charge >= 0.3 is 0 Å². The van der Waals surface area contributed by atoms with Crippen molar-refractivity contribution in [2.75, 3.05) is 0 Å². The minimum Gasteiger partial charge on any atom is -0.488 e. The van der Waals surface area contributed by atoms with Gasteiger partial charge in [0, 0.05) is 10.6 Å². The summed E-state index contributed by atoms with van der Waals surface area (Å²) in [6.07, 6.45) is 1.91. The number of nitrogens with zero attached hydrogens (tertiary/aromatic N) is 1. The molecule has 0 unspecified atom stereocenters. The Balaban J connectivity index is 1.48. The summed E-state index contributed by atoms with van der Waals surface area (Å²) in [5.41, 5.74) is 2.92. The van der Waals surface area contributed by atoms with Crippen molar-refractivity contribution >= 4 is 62.7 Å². The number of halogens is 1. The van der Waals surface area contributed by atoms with Crippen molar-refractivity contribution in [2.24, 2.45) is 0 Å². The van der Waals surface area contributed by atoms with Gasteiger partial charge in [-0.3, -0.25) is 9.69 Å². The first-order valence-electron chi connectivity index (χ1n) is 10.8. The number of ether oxygens (including phenoxy) is 1. The minimum absolute atomic E-state index is 0.0876. The number of thiocarbonyl (C=S) groups is 1. The summed E-state index contributed by atoms with van der Waals surface area (Å²) in [4.78, 5) is 15.5. The molecule has 0 bridgehead atoms. The predicted molar refractivity (Wildman–Crippen MR) is 145 cm³/mol. The second-order valence-electron chi connectivity index (χ2n) is 7.87. The van der Waals surface area contributed by atoms with Gasteiger partial charge in [0.15, 0.2) is 0 Å². The lowest BCUT2D eigenvalue weighted by Crippen LogP contribution is -2.27. The standard InChI is InChI=1S/C28H20ClNO2S2/c29-22-13-10-20(11-14-22)18-32-25-15-12-21-8-4-5-9-23(21)24(25)16-26-27(31)30(28(33)34-26)17-19-6-2-1-3-7-19/h1-16H,17-18H2/b26-16-. The highest BCUT2D eigenvalue weighted by molar-refractivity contribution is 8.26. The van der Waals surface area contributed by atoms with Crippen molar-refractivity contribution in [3.63, 3.8) is 0 Å². The van der Waals surface area contributed by atoms with E-state index in [0.717, 1.165) is 27.5 Å². The van der Waals surface area contributed by atoms with Crippen LogP contribution in [0.2, 0.25) is 5.02 Å². The Hall–Kier alpha value is -3.12. The highest BCUT2D eigenvalue weighted by atomic mass is 35.5. The maximum atomic E-state index is 13.3. The van der Waals surface area contributed by atoms with Gasteiger partial charge in [-0.05, 0) is 46.2 Å². The van der Waals surface area contributed by atoms with Gasteiger partial charge < -0.3 is 4.74 Å². The van der Waals surface area contributed by atoms with Crippen LogP contribution in [0.25, 0.3) is 16.8 Å². The molecule has 34 heavy (non-hydrogen) atoms. The molecular formula is C28H20ClNO2S2. The molecule has 0 saturated carbocycles. The summed E-state index contributed by atoms with van der Waals surface area (Å²) in [5, 5.41) is 2.78. The van der Waals surface area contributed by atoms with Gasteiger partial charge in [-0.2, -0.15) is 0 Å². The van der Waals surface area contributed by atoms with Gasteiger partial charge in [0.1, 0.15) is 16.7 Å². The number of rotatable bonds is 6. The Morgan fingerprint density at radius 3 is 2.41 bits per heavy atom. The Morgan fingerprint density at radius 2 is 1.62 bits per heavy atom. The molecule has 3 nitrogen and oxygen atoms in total. The van der Waals surface area contributed by atoms with Crippen molar-refractivity contribution in [1.82, 2.24) is 4.90 Å². The van der Waals surface area contributed by atoms with E-state index in [1.807, 2.05) is 91.0 Å². The third-order valence-electron chi connectivity index (χ3n) is 5.57. The van der Waals surface area contributed by atoms with Crippen LogP contribution in [-0.4, -0.2) is 15.1 Å². The first kappa shape index (κ1) is 22.7. The van der Waals surface area contributed by atoms with E-state index in [0.29, 0.717) is 33.1 Å². The number of carbonyl (C=O) groups excluding carboxylic acids is 1. The molecule has 1 aliphatic rings. The van der Waals surface area contributed by atoms with Gasteiger partial charge in [0.05, 0.1) is 11.4 Å². The molecular weight excluding hydrogens is 482 g/mol. The first-order chi connectivity index (χ1) is 16.6. The molecule has 1 saturated heterocycles. The van der Waals surface area contributed by atoms with Crippen LogP contribution in [0.5, 0.6) is 5.75 Å². The van der Waals surface area contributed by atoms with Crippen molar-refractivity contribution in [3.05, 3.63) is 118 Å². The smallest absolute Gasteiger partial charge is 0.266 e. The van der Waals surface area contributed by atoms with E-state index in [2.05, 4.69) is 6.07 Å². The molecule has 4 aromatic rings. The van der Waals surface area contributed by atoms with Crippen LogP contribution in [0.3, 0.4) is 0 Å². The van der Waals surface area contributed by atoms with Crippen molar-refractivity contribution in [2.45, 2.75) is 13.2 Å². The quantitative estimate of drug-likeness (QED) is 0.202. The summed E-state index contributed by atoms with van der Waals surface area (Å²) in [6, 6.07) is 29.5.